The second-order valence-electron chi connectivity index (χ2n) is 5.97. The van der Waals surface area contributed by atoms with E-state index in [2.05, 4.69) is 6.92 Å². The number of rotatable bonds is 11. The monoisotopic (exact) mass is 306 g/mol. The highest BCUT2D eigenvalue weighted by Crippen LogP contribution is 2.28. The number of ether oxygens (including phenoxy) is 1. The predicted molar refractivity (Wildman–Crippen MR) is 90.5 cm³/mol. The quantitative estimate of drug-likeness (QED) is 0.591. The molecule has 1 rings (SSSR count). The van der Waals surface area contributed by atoms with E-state index in [-0.39, 0.29) is 11.7 Å². The number of phenols is 1. The van der Waals surface area contributed by atoms with Crippen LogP contribution in [0.3, 0.4) is 0 Å². The van der Waals surface area contributed by atoms with Crippen LogP contribution in [0.25, 0.3) is 0 Å². The van der Waals surface area contributed by atoms with Gasteiger partial charge in [0.25, 0.3) is 0 Å². The Hall–Kier alpha value is -1.51. The molecule has 0 aliphatic rings. The van der Waals surface area contributed by atoms with E-state index in [4.69, 9.17) is 4.74 Å². The number of unbranched alkanes of at least 4 members (excludes halogenated alkanes) is 4. The van der Waals surface area contributed by atoms with Gasteiger partial charge >= 0.3 is 0 Å². The number of phenolic OH excluding ortho intramolecular Hbond substituents is 1. The summed E-state index contributed by atoms with van der Waals surface area (Å²) in [7, 11) is 0. The van der Waals surface area contributed by atoms with Crippen LogP contribution < -0.4 is 4.74 Å². The maximum Gasteiger partial charge on any atom is 0.161 e. The van der Waals surface area contributed by atoms with E-state index >= 15 is 0 Å². The van der Waals surface area contributed by atoms with E-state index in [9.17, 15) is 9.90 Å². The van der Waals surface area contributed by atoms with Gasteiger partial charge in [-0.3, -0.25) is 4.79 Å². The summed E-state index contributed by atoms with van der Waals surface area (Å²) in [6, 6.07) is 5.34. The Morgan fingerprint density at radius 2 is 1.91 bits per heavy atom. The molecule has 1 aromatic carbocycles. The van der Waals surface area contributed by atoms with Crippen LogP contribution in [0.15, 0.2) is 18.2 Å². The van der Waals surface area contributed by atoms with E-state index in [1.807, 2.05) is 26.0 Å². The van der Waals surface area contributed by atoms with Crippen LogP contribution >= 0.6 is 0 Å². The highest BCUT2D eigenvalue weighted by atomic mass is 16.5. The molecular formula is C19H30O3. The van der Waals surface area contributed by atoms with Crippen LogP contribution in [0.1, 0.15) is 64.9 Å². The van der Waals surface area contributed by atoms with Gasteiger partial charge in [0, 0.05) is 12.3 Å². The molecule has 0 aliphatic carbocycles. The molecule has 22 heavy (non-hydrogen) atoms. The SMILES string of the molecule is CCCCCCCC(=O)C(C)Cc1ccc(O)c(OCC)c1. The molecule has 1 aromatic rings. The lowest BCUT2D eigenvalue weighted by molar-refractivity contribution is -0.122. The first-order chi connectivity index (χ1) is 10.6. The first-order valence-electron chi connectivity index (χ1n) is 8.55. The Balaban J connectivity index is 2.44. The molecule has 0 aliphatic heterocycles. The Labute approximate surface area is 134 Å². The van der Waals surface area contributed by atoms with Crippen molar-refractivity contribution < 1.29 is 14.6 Å². The standard InChI is InChI=1S/C19H30O3/c1-4-6-7-8-9-10-17(20)15(3)13-16-11-12-18(21)19(14-16)22-5-2/h11-12,14-15,21H,4-10,13H2,1-3H3. The third kappa shape index (κ3) is 6.50. The summed E-state index contributed by atoms with van der Waals surface area (Å²) in [4.78, 5) is 12.2. The third-order valence-electron chi connectivity index (χ3n) is 3.94. The van der Waals surface area contributed by atoms with E-state index in [1.165, 1.54) is 19.3 Å². The molecule has 0 aromatic heterocycles. The number of benzene rings is 1. The average molecular weight is 306 g/mol. The van der Waals surface area contributed by atoms with Crippen LogP contribution in [-0.2, 0) is 11.2 Å². The van der Waals surface area contributed by atoms with Crippen LogP contribution in [0.5, 0.6) is 11.5 Å². The molecule has 1 atom stereocenters. The highest BCUT2D eigenvalue weighted by Gasteiger charge is 2.14. The fourth-order valence-electron chi connectivity index (χ4n) is 2.57. The zero-order valence-electron chi connectivity index (χ0n) is 14.2. The van der Waals surface area contributed by atoms with Crippen molar-refractivity contribution in [2.45, 2.75) is 65.7 Å². The van der Waals surface area contributed by atoms with Crippen molar-refractivity contribution in [1.82, 2.24) is 0 Å². The zero-order chi connectivity index (χ0) is 16.4. The van der Waals surface area contributed by atoms with Gasteiger partial charge in [-0.15, -0.1) is 0 Å². The minimum Gasteiger partial charge on any atom is -0.504 e. The molecule has 0 radical (unpaired) electrons. The lowest BCUT2D eigenvalue weighted by atomic mass is 9.93. The Morgan fingerprint density at radius 3 is 2.59 bits per heavy atom. The summed E-state index contributed by atoms with van der Waals surface area (Å²) < 4.78 is 5.39. The lowest BCUT2D eigenvalue weighted by Crippen LogP contribution is -2.13. The topological polar surface area (TPSA) is 46.5 Å². The van der Waals surface area contributed by atoms with E-state index < -0.39 is 0 Å². The molecule has 0 fully saturated rings. The second kappa shape index (κ2) is 10.3. The lowest BCUT2D eigenvalue weighted by Gasteiger charge is -2.12. The molecule has 0 amide bonds. The van der Waals surface area contributed by atoms with Gasteiger partial charge in [-0.05, 0) is 37.5 Å². The van der Waals surface area contributed by atoms with Gasteiger partial charge in [0.15, 0.2) is 11.5 Å². The summed E-state index contributed by atoms with van der Waals surface area (Å²) in [5, 5.41) is 9.70. The molecule has 0 saturated heterocycles. The molecule has 3 heteroatoms. The van der Waals surface area contributed by atoms with Crippen LogP contribution in [-0.4, -0.2) is 17.5 Å². The molecule has 0 spiro atoms. The van der Waals surface area contributed by atoms with Gasteiger partial charge in [0.1, 0.15) is 5.78 Å². The number of carbonyl (C=O) groups excluding carboxylic acids is 1. The van der Waals surface area contributed by atoms with Crippen molar-refractivity contribution in [3.8, 4) is 11.5 Å². The molecular weight excluding hydrogens is 276 g/mol. The summed E-state index contributed by atoms with van der Waals surface area (Å²) >= 11 is 0. The number of hydrogen-bond acceptors (Lipinski definition) is 3. The van der Waals surface area contributed by atoms with E-state index in [0.29, 0.717) is 31.0 Å². The number of ketones is 1. The molecule has 1 unspecified atom stereocenters. The second-order valence-corrected chi connectivity index (χ2v) is 5.97. The van der Waals surface area contributed by atoms with Crippen LogP contribution in [0.2, 0.25) is 0 Å². The van der Waals surface area contributed by atoms with Gasteiger partial charge in [-0.2, -0.15) is 0 Å². The summed E-state index contributed by atoms with van der Waals surface area (Å²) in [5.41, 5.74) is 1.04. The number of Topliss-reactive ketones (excluding diaryl/α,β-unsaturated/α-hetero) is 1. The van der Waals surface area contributed by atoms with Gasteiger partial charge < -0.3 is 9.84 Å². The molecule has 3 nitrogen and oxygen atoms in total. The largest absolute Gasteiger partial charge is 0.504 e. The maximum atomic E-state index is 12.2. The summed E-state index contributed by atoms with van der Waals surface area (Å²) in [6.07, 6.45) is 7.26. The summed E-state index contributed by atoms with van der Waals surface area (Å²) in [6.45, 7) is 6.59. The average Bonchev–Trinajstić information content (AvgIpc) is 2.50. The molecule has 0 heterocycles. The highest BCUT2D eigenvalue weighted by molar-refractivity contribution is 5.80. The number of hydrogen-bond donors (Lipinski definition) is 1. The minimum absolute atomic E-state index is 0.0187. The Kier molecular flexibility index (Phi) is 8.64. The van der Waals surface area contributed by atoms with E-state index in [0.717, 1.165) is 18.4 Å². The van der Waals surface area contributed by atoms with Crippen molar-refractivity contribution in [3.63, 3.8) is 0 Å². The molecule has 1 N–H and O–H groups in total. The van der Waals surface area contributed by atoms with Gasteiger partial charge in [0.2, 0.25) is 0 Å². The van der Waals surface area contributed by atoms with Crippen molar-refractivity contribution in [1.29, 1.82) is 0 Å². The Morgan fingerprint density at radius 1 is 1.18 bits per heavy atom. The van der Waals surface area contributed by atoms with Crippen LogP contribution in [0.4, 0.5) is 0 Å². The number of aromatic hydroxyl groups is 1. The van der Waals surface area contributed by atoms with Crippen LogP contribution in [0, 0.1) is 5.92 Å². The van der Waals surface area contributed by atoms with Gasteiger partial charge in [-0.1, -0.05) is 45.6 Å². The third-order valence-corrected chi connectivity index (χ3v) is 3.94. The van der Waals surface area contributed by atoms with Crippen molar-refractivity contribution >= 4 is 5.78 Å². The molecule has 0 bridgehead atoms. The predicted octanol–water partition coefficient (Wildman–Crippen LogP) is 4.90. The fourth-order valence-corrected chi connectivity index (χ4v) is 2.57. The van der Waals surface area contributed by atoms with Crippen molar-refractivity contribution in [3.05, 3.63) is 23.8 Å². The minimum atomic E-state index is 0.0187. The fraction of sp³-hybridized carbons (Fsp3) is 0.632. The van der Waals surface area contributed by atoms with Crippen molar-refractivity contribution in [2.75, 3.05) is 6.61 Å². The number of carbonyl (C=O) groups is 1. The Bertz CT molecular complexity index is 454. The first kappa shape index (κ1) is 18.5. The van der Waals surface area contributed by atoms with Gasteiger partial charge in [-0.25, -0.2) is 0 Å². The first-order valence-corrected chi connectivity index (χ1v) is 8.55. The van der Waals surface area contributed by atoms with Gasteiger partial charge in [0.05, 0.1) is 6.61 Å². The van der Waals surface area contributed by atoms with E-state index in [1.54, 1.807) is 6.07 Å². The molecule has 0 saturated carbocycles. The zero-order valence-corrected chi connectivity index (χ0v) is 14.2. The molecule has 124 valence electrons. The normalized spacial score (nSPS) is 12.1. The summed E-state index contributed by atoms with van der Waals surface area (Å²) in [5.74, 6) is 1.01. The maximum absolute atomic E-state index is 12.2. The van der Waals surface area contributed by atoms with Crippen molar-refractivity contribution in [2.24, 2.45) is 5.92 Å². The smallest absolute Gasteiger partial charge is 0.161 e.